The van der Waals surface area contributed by atoms with Gasteiger partial charge in [-0.1, -0.05) is 26.8 Å². The van der Waals surface area contributed by atoms with E-state index in [1.54, 1.807) is 0 Å². The molecule has 0 amide bonds. The van der Waals surface area contributed by atoms with Crippen molar-refractivity contribution in [3.8, 4) is 0 Å². The van der Waals surface area contributed by atoms with E-state index in [1.807, 2.05) is 11.8 Å². The molecule has 0 bridgehead atoms. The summed E-state index contributed by atoms with van der Waals surface area (Å²) < 4.78 is 0. The number of hydrogen-bond donors (Lipinski definition) is 0. The van der Waals surface area contributed by atoms with Gasteiger partial charge in [0.25, 0.3) is 0 Å². The summed E-state index contributed by atoms with van der Waals surface area (Å²) in [5, 5.41) is 0.713. The third-order valence-corrected chi connectivity index (χ3v) is 3.52. The van der Waals surface area contributed by atoms with Crippen LogP contribution < -0.4 is 0 Å². The normalized spacial score (nSPS) is 14.8. The molecule has 0 radical (unpaired) electrons. The lowest BCUT2D eigenvalue weighted by Crippen LogP contribution is -2.22. The van der Waals surface area contributed by atoms with Gasteiger partial charge < -0.3 is 0 Å². The van der Waals surface area contributed by atoms with E-state index >= 15 is 0 Å². The number of thioether (sulfide) groups is 1. The first kappa shape index (κ1) is 10.1. The maximum Gasteiger partial charge on any atom is 0.0127 e. The van der Waals surface area contributed by atoms with Crippen molar-refractivity contribution < 1.29 is 0 Å². The highest BCUT2D eigenvalue weighted by Crippen LogP contribution is 2.32. The fourth-order valence-corrected chi connectivity index (χ4v) is 2.17. The van der Waals surface area contributed by atoms with Crippen LogP contribution in [0.2, 0.25) is 0 Å². The van der Waals surface area contributed by atoms with Gasteiger partial charge in [-0.25, -0.2) is 0 Å². The molecule has 60 valence electrons. The molecule has 0 fully saturated rings. The zero-order valence-electron chi connectivity index (χ0n) is 7.48. The minimum absolute atomic E-state index is 0.286. The smallest absolute Gasteiger partial charge is 0.0127 e. The molecular weight excluding hydrogens is 140 g/mol. The summed E-state index contributed by atoms with van der Waals surface area (Å²) in [6.07, 6.45) is 5.44. The fourth-order valence-electron chi connectivity index (χ4n) is 1.13. The molecule has 0 heterocycles. The Kier molecular flexibility index (Phi) is 4.11. The molecule has 0 aromatic rings. The number of allylic oxidation sites excluding steroid dienone is 1. The molecule has 0 saturated carbocycles. The minimum Gasteiger partial charge on any atom is -0.161 e. The van der Waals surface area contributed by atoms with E-state index in [9.17, 15) is 0 Å². The molecule has 1 heteroatoms. The van der Waals surface area contributed by atoms with Crippen molar-refractivity contribution in [1.29, 1.82) is 0 Å². The Bertz CT molecular complexity index is 101. The van der Waals surface area contributed by atoms with Crippen molar-refractivity contribution in [2.45, 2.75) is 32.4 Å². The third-order valence-electron chi connectivity index (χ3n) is 2.01. The monoisotopic (exact) mass is 158 g/mol. The molecule has 0 nitrogen and oxygen atoms in total. The topological polar surface area (TPSA) is 0 Å². The predicted octanol–water partition coefficient (Wildman–Crippen LogP) is 3.34. The SMILES string of the molecule is C=CC(C)(C)C(CC)SC. The molecular formula is C9H18S. The third kappa shape index (κ3) is 2.37. The van der Waals surface area contributed by atoms with Crippen LogP contribution in [0, 0.1) is 5.41 Å². The highest BCUT2D eigenvalue weighted by atomic mass is 32.2. The molecule has 0 spiro atoms. The fraction of sp³-hybridized carbons (Fsp3) is 0.778. The molecule has 0 aromatic heterocycles. The lowest BCUT2D eigenvalue weighted by Gasteiger charge is -2.28. The van der Waals surface area contributed by atoms with Gasteiger partial charge in [0.1, 0.15) is 0 Å². The van der Waals surface area contributed by atoms with E-state index < -0.39 is 0 Å². The first-order valence-corrected chi connectivity index (χ1v) is 5.03. The van der Waals surface area contributed by atoms with E-state index in [4.69, 9.17) is 0 Å². The largest absolute Gasteiger partial charge is 0.161 e. The zero-order valence-corrected chi connectivity index (χ0v) is 8.29. The van der Waals surface area contributed by atoms with Crippen molar-refractivity contribution in [2.75, 3.05) is 6.26 Å². The lowest BCUT2D eigenvalue weighted by atomic mass is 9.88. The van der Waals surface area contributed by atoms with E-state index in [0.29, 0.717) is 5.25 Å². The summed E-state index contributed by atoms with van der Waals surface area (Å²) in [7, 11) is 0. The highest BCUT2D eigenvalue weighted by molar-refractivity contribution is 7.99. The van der Waals surface area contributed by atoms with E-state index in [0.717, 1.165) is 0 Å². The van der Waals surface area contributed by atoms with Gasteiger partial charge in [-0.3, -0.25) is 0 Å². The second-order valence-corrected chi connectivity index (χ2v) is 4.20. The predicted molar refractivity (Wildman–Crippen MR) is 51.6 cm³/mol. The molecule has 0 aliphatic rings. The number of rotatable bonds is 4. The van der Waals surface area contributed by atoms with Crippen LogP contribution in [0.4, 0.5) is 0 Å². The number of hydrogen-bond acceptors (Lipinski definition) is 1. The maximum absolute atomic E-state index is 3.84. The van der Waals surface area contributed by atoms with Gasteiger partial charge >= 0.3 is 0 Å². The second kappa shape index (κ2) is 4.07. The quantitative estimate of drug-likeness (QED) is 0.565. The molecule has 1 unspecified atom stereocenters. The van der Waals surface area contributed by atoms with Crippen LogP contribution in [0.25, 0.3) is 0 Å². The molecule has 0 aromatic carbocycles. The summed E-state index contributed by atoms with van der Waals surface area (Å²) in [5.41, 5.74) is 0.286. The summed E-state index contributed by atoms with van der Waals surface area (Å²) in [5.74, 6) is 0. The van der Waals surface area contributed by atoms with E-state index in [2.05, 4.69) is 39.7 Å². The van der Waals surface area contributed by atoms with Crippen LogP contribution in [-0.2, 0) is 0 Å². The molecule has 0 N–H and O–H groups in total. The Morgan fingerprint density at radius 2 is 2.10 bits per heavy atom. The Balaban J connectivity index is 4.10. The Morgan fingerprint density at radius 1 is 1.60 bits per heavy atom. The van der Waals surface area contributed by atoms with Crippen LogP contribution in [0.1, 0.15) is 27.2 Å². The first-order chi connectivity index (χ1) is 4.58. The van der Waals surface area contributed by atoms with Crippen LogP contribution in [0.15, 0.2) is 12.7 Å². The molecule has 1 atom stereocenters. The summed E-state index contributed by atoms with van der Waals surface area (Å²) >= 11 is 1.93. The second-order valence-electron chi connectivity index (χ2n) is 3.16. The zero-order chi connectivity index (χ0) is 8.20. The van der Waals surface area contributed by atoms with Gasteiger partial charge in [0.05, 0.1) is 0 Å². The average molecular weight is 158 g/mol. The summed E-state index contributed by atoms with van der Waals surface area (Å²) in [6, 6.07) is 0. The van der Waals surface area contributed by atoms with Crippen LogP contribution in [0.3, 0.4) is 0 Å². The molecule has 10 heavy (non-hydrogen) atoms. The Labute approximate surface area is 69.1 Å². The highest BCUT2D eigenvalue weighted by Gasteiger charge is 2.23. The van der Waals surface area contributed by atoms with Gasteiger partial charge in [-0.15, -0.1) is 6.58 Å². The lowest BCUT2D eigenvalue weighted by molar-refractivity contribution is 0.449. The van der Waals surface area contributed by atoms with Crippen molar-refractivity contribution in [3.63, 3.8) is 0 Å². The Hall–Kier alpha value is 0.0900. The van der Waals surface area contributed by atoms with E-state index in [1.165, 1.54) is 6.42 Å². The van der Waals surface area contributed by atoms with Gasteiger partial charge in [0, 0.05) is 5.25 Å². The van der Waals surface area contributed by atoms with Gasteiger partial charge in [-0.2, -0.15) is 11.8 Å². The summed E-state index contributed by atoms with van der Waals surface area (Å²) in [6.45, 7) is 10.5. The van der Waals surface area contributed by atoms with Gasteiger partial charge in [0.15, 0.2) is 0 Å². The molecule has 0 saturated heterocycles. The standard InChI is InChI=1S/C9H18S/c1-6-8(10-5)9(3,4)7-2/h7-8H,2,6H2,1,3-5H3. The first-order valence-electron chi connectivity index (χ1n) is 3.74. The average Bonchev–Trinajstić information content (AvgIpc) is 1.90. The van der Waals surface area contributed by atoms with Crippen LogP contribution in [-0.4, -0.2) is 11.5 Å². The molecule has 0 aliphatic heterocycles. The van der Waals surface area contributed by atoms with Gasteiger partial charge in [-0.05, 0) is 18.1 Å². The van der Waals surface area contributed by atoms with E-state index in [-0.39, 0.29) is 5.41 Å². The van der Waals surface area contributed by atoms with Crippen LogP contribution >= 0.6 is 11.8 Å². The van der Waals surface area contributed by atoms with Gasteiger partial charge in [0.2, 0.25) is 0 Å². The molecule has 0 rings (SSSR count). The minimum atomic E-state index is 0.286. The Morgan fingerprint density at radius 3 is 2.20 bits per heavy atom. The van der Waals surface area contributed by atoms with Crippen molar-refractivity contribution in [1.82, 2.24) is 0 Å². The maximum atomic E-state index is 3.84. The van der Waals surface area contributed by atoms with Crippen LogP contribution in [0.5, 0.6) is 0 Å². The van der Waals surface area contributed by atoms with Crippen molar-refractivity contribution in [3.05, 3.63) is 12.7 Å². The van der Waals surface area contributed by atoms with Crippen molar-refractivity contribution in [2.24, 2.45) is 5.41 Å². The van der Waals surface area contributed by atoms with Crippen molar-refractivity contribution >= 4 is 11.8 Å². The summed E-state index contributed by atoms with van der Waals surface area (Å²) in [4.78, 5) is 0. The molecule has 0 aliphatic carbocycles.